The van der Waals surface area contributed by atoms with Gasteiger partial charge in [0.05, 0.1) is 5.02 Å². The summed E-state index contributed by atoms with van der Waals surface area (Å²) in [5.74, 6) is 0.321. The number of hydrogen-bond donors (Lipinski definition) is 2. The van der Waals surface area contributed by atoms with Crippen LogP contribution in [0.5, 0.6) is 0 Å². The minimum Gasteiger partial charge on any atom is -0.326 e. The summed E-state index contributed by atoms with van der Waals surface area (Å²) in [6.07, 6.45) is 0. The lowest BCUT2D eigenvalue weighted by molar-refractivity contribution is 0.457. The van der Waals surface area contributed by atoms with Crippen LogP contribution in [0.3, 0.4) is 0 Å². The van der Waals surface area contributed by atoms with Crippen LogP contribution in [0.2, 0.25) is 5.02 Å². The van der Waals surface area contributed by atoms with E-state index in [1.807, 2.05) is 0 Å². The lowest BCUT2D eigenvalue weighted by Crippen LogP contribution is -2.27. The van der Waals surface area contributed by atoms with E-state index in [9.17, 15) is 8.42 Å². The van der Waals surface area contributed by atoms with E-state index in [0.29, 0.717) is 19.0 Å². The Balaban J connectivity index is 2.14. The Morgan fingerprint density at radius 3 is 2.24 bits per heavy atom. The van der Waals surface area contributed by atoms with Crippen LogP contribution >= 0.6 is 11.6 Å². The number of nitrogens with two attached hydrogens (primary N) is 1. The maximum Gasteiger partial charge on any atom is 0.242 e. The summed E-state index contributed by atoms with van der Waals surface area (Å²) in [5, 5.41) is 0.208. The van der Waals surface area contributed by atoms with E-state index in [4.69, 9.17) is 17.3 Å². The fourth-order valence-corrected chi connectivity index (χ4v) is 4.62. The molecule has 1 aromatic rings. The molecule has 0 aromatic heterocycles. The maximum absolute atomic E-state index is 12.4. The van der Waals surface area contributed by atoms with E-state index in [-0.39, 0.29) is 20.7 Å². The first-order valence-corrected chi connectivity index (χ1v) is 8.88. The van der Waals surface area contributed by atoms with E-state index >= 15 is 0 Å². The van der Waals surface area contributed by atoms with Gasteiger partial charge < -0.3 is 5.73 Å². The second-order valence-electron chi connectivity index (χ2n) is 6.82. The fraction of sp³-hybridized carbons (Fsp3) is 0.600. The number of nitrogens with one attached hydrogen (secondary N) is 1. The van der Waals surface area contributed by atoms with Crippen molar-refractivity contribution in [3.63, 3.8) is 0 Å². The van der Waals surface area contributed by atoms with Crippen LogP contribution in [-0.4, -0.2) is 15.0 Å². The molecule has 0 atom stereocenters. The Labute approximate surface area is 132 Å². The number of rotatable bonds is 5. The van der Waals surface area contributed by atoms with Crippen molar-refractivity contribution in [3.8, 4) is 0 Å². The summed E-state index contributed by atoms with van der Waals surface area (Å²) in [5.41, 5.74) is 6.61. The van der Waals surface area contributed by atoms with Crippen molar-refractivity contribution < 1.29 is 8.42 Å². The first kappa shape index (κ1) is 16.7. The normalized spacial score (nSPS) is 20.5. The zero-order valence-corrected chi connectivity index (χ0v) is 14.5. The van der Waals surface area contributed by atoms with Gasteiger partial charge in [0.1, 0.15) is 4.90 Å². The summed E-state index contributed by atoms with van der Waals surface area (Å²) in [6.45, 7) is 9.41. The van der Waals surface area contributed by atoms with Crippen LogP contribution in [0.25, 0.3) is 0 Å². The molecule has 0 heterocycles. The van der Waals surface area contributed by atoms with Gasteiger partial charge in [0.15, 0.2) is 0 Å². The van der Waals surface area contributed by atoms with E-state index < -0.39 is 10.0 Å². The summed E-state index contributed by atoms with van der Waals surface area (Å²) in [7, 11) is -3.59. The molecular weight excluding hydrogens is 308 g/mol. The predicted octanol–water partition coefficient (Wildman–Crippen LogP) is 2.76. The van der Waals surface area contributed by atoms with Crippen LogP contribution < -0.4 is 10.5 Å². The molecule has 0 unspecified atom stereocenters. The minimum atomic E-state index is -3.59. The largest absolute Gasteiger partial charge is 0.326 e. The molecule has 21 heavy (non-hydrogen) atoms. The standard InChI is InChI=1S/C15H23ClN2O2S/c1-14(2)13(15(14,3)4)9-18-21(19,20)12-6-5-10(8-17)7-11(12)16/h5-7,13,18H,8-9,17H2,1-4H3. The molecule has 0 amide bonds. The van der Waals surface area contributed by atoms with Crippen LogP contribution in [0.1, 0.15) is 33.3 Å². The Morgan fingerprint density at radius 1 is 1.24 bits per heavy atom. The number of hydrogen-bond acceptors (Lipinski definition) is 3. The molecule has 1 aliphatic rings. The molecule has 0 saturated heterocycles. The Bertz CT molecular complexity index is 640. The quantitative estimate of drug-likeness (QED) is 0.872. The van der Waals surface area contributed by atoms with Gasteiger partial charge in [0, 0.05) is 13.1 Å². The molecule has 0 spiro atoms. The van der Waals surface area contributed by atoms with Gasteiger partial charge in [0.2, 0.25) is 10.0 Å². The molecule has 6 heteroatoms. The van der Waals surface area contributed by atoms with Crippen molar-refractivity contribution in [2.24, 2.45) is 22.5 Å². The Hall–Kier alpha value is -0.620. The van der Waals surface area contributed by atoms with Crippen LogP contribution in [0.15, 0.2) is 23.1 Å². The third kappa shape index (κ3) is 2.84. The molecule has 1 saturated carbocycles. The van der Waals surface area contributed by atoms with Crippen molar-refractivity contribution in [1.82, 2.24) is 4.72 Å². The van der Waals surface area contributed by atoms with Crippen molar-refractivity contribution in [2.75, 3.05) is 6.54 Å². The second-order valence-corrected chi connectivity index (χ2v) is 8.96. The zero-order valence-electron chi connectivity index (χ0n) is 12.9. The van der Waals surface area contributed by atoms with Crippen molar-refractivity contribution in [1.29, 1.82) is 0 Å². The Kier molecular flexibility index (Phi) is 4.17. The summed E-state index contributed by atoms with van der Waals surface area (Å²) in [4.78, 5) is 0.109. The highest BCUT2D eigenvalue weighted by molar-refractivity contribution is 7.89. The zero-order chi connectivity index (χ0) is 16.1. The van der Waals surface area contributed by atoms with Gasteiger partial charge in [-0.2, -0.15) is 0 Å². The van der Waals surface area contributed by atoms with Crippen molar-refractivity contribution in [2.45, 2.75) is 39.1 Å². The fourth-order valence-electron chi connectivity index (χ4n) is 3.00. The van der Waals surface area contributed by atoms with Crippen LogP contribution in [0.4, 0.5) is 0 Å². The molecule has 1 fully saturated rings. The molecule has 0 radical (unpaired) electrons. The number of benzene rings is 1. The molecule has 3 N–H and O–H groups in total. The maximum atomic E-state index is 12.4. The average molecular weight is 331 g/mol. The van der Waals surface area contributed by atoms with E-state index in [2.05, 4.69) is 32.4 Å². The average Bonchev–Trinajstić information content (AvgIpc) is 2.76. The van der Waals surface area contributed by atoms with Gasteiger partial charge in [-0.05, 0) is 34.4 Å². The van der Waals surface area contributed by atoms with Crippen LogP contribution in [-0.2, 0) is 16.6 Å². The van der Waals surface area contributed by atoms with Gasteiger partial charge in [-0.15, -0.1) is 0 Å². The number of halogens is 1. The highest BCUT2D eigenvalue weighted by atomic mass is 35.5. The van der Waals surface area contributed by atoms with Gasteiger partial charge in [0.25, 0.3) is 0 Å². The lowest BCUT2D eigenvalue weighted by atomic mass is 10.0. The Morgan fingerprint density at radius 2 is 1.81 bits per heavy atom. The third-order valence-electron chi connectivity index (χ3n) is 5.32. The number of sulfonamides is 1. The first-order valence-electron chi connectivity index (χ1n) is 7.02. The molecule has 4 nitrogen and oxygen atoms in total. The van der Waals surface area contributed by atoms with Gasteiger partial charge in [-0.1, -0.05) is 45.4 Å². The molecule has 1 aliphatic carbocycles. The second kappa shape index (κ2) is 5.23. The summed E-state index contributed by atoms with van der Waals surface area (Å²) < 4.78 is 27.4. The summed E-state index contributed by atoms with van der Waals surface area (Å²) >= 11 is 6.06. The predicted molar refractivity (Wildman–Crippen MR) is 85.6 cm³/mol. The molecular formula is C15H23ClN2O2S. The highest BCUT2D eigenvalue weighted by Gasteiger charge is 2.64. The molecule has 0 bridgehead atoms. The van der Waals surface area contributed by atoms with Gasteiger partial charge >= 0.3 is 0 Å². The molecule has 2 rings (SSSR count). The van der Waals surface area contributed by atoms with Crippen molar-refractivity contribution >= 4 is 21.6 Å². The van der Waals surface area contributed by atoms with Crippen molar-refractivity contribution in [3.05, 3.63) is 28.8 Å². The monoisotopic (exact) mass is 330 g/mol. The van der Waals surface area contributed by atoms with E-state index in [1.165, 1.54) is 6.07 Å². The van der Waals surface area contributed by atoms with E-state index in [1.54, 1.807) is 12.1 Å². The summed E-state index contributed by atoms with van der Waals surface area (Å²) in [6, 6.07) is 4.79. The van der Waals surface area contributed by atoms with Crippen LogP contribution in [0, 0.1) is 16.7 Å². The lowest BCUT2D eigenvalue weighted by Gasteiger charge is -2.10. The van der Waals surface area contributed by atoms with Gasteiger partial charge in [-0.25, -0.2) is 13.1 Å². The smallest absolute Gasteiger partial charge is 0.242 e. The van der Waals surface area contributed by atoms with E-state index in [0.717, 1.165) is 5.56 Å². The highest BCUT2D eigenvalue weighted by Crippen LogP contribution is 2.67. The topological polar surface area (TPSA) is 72.2 Å². The molecule has 118 valence electrons. The first-order chi connectivity index (χ1) is 9.54. The SMILES string of the molecule is CC1(C)C(CNS(=O)(=O)c2ccc(CN)cc2Cl)C1(C)C. The molecule has 0 aliphatic heterocycles. The molecule has 1 aromatic carbocycles. The van der Waals surface area contributed by atoms with Gasteiger partial charge in [-0.3, -0.25) is 0 Å². The third-order valence-corrected chi connectivity index (χ3v) is 7.23. The minimum absolute atomic E-state index is 0.109.